The summed E-state index contributed by atoms with van der Waals surface area (Å²) in [4.78, 5) is 12.2. The molecule has 0 bridgehead atoms. The molecule has 1 aromatic heterocycles. The zero-order valence-electron chi connectivity index (χ0n) is 14.1. The number of rotatable bonds is 4. The lowest BCUT2D eigenvalue weighted by Gasteiger charge is -2.13. The third-order valence-electron chi connectivity index (χ3n) is 4.97. The molecular formula is C21H21NO2. The number of carbonyl (C=O) groups is 1. The molecular weight excluding hydrogens is 298 g/mol. The number of unbranched alkanes of at least 4 members (excludes halogenated alkanes) is 1. The van der Waals surface area contributed by atoms with Gasteiger partial charge in [0.1, 0.15) is 0 Å². The van der Waals surface area contributed by atoms with E-state index in [0.29, 0.717) is 5.56 Å². The Labute approximate surface area is 141 Å². The van der Waals surface area contributed by atoms with Gasteiger partial charge in [0.15, 0.2) is 6.10 Å². The Kier molecular flexibility index (Phi) is 3.64. The van der Waals surface area contributed by atoms with E-state index in [1.54, 1.807) is 0 Å². The minimum atomic E-state index is -0.304. The molecule has 0 amide bonds. The van der Waals surface area contributed by atoms with Crippen LogP contribution in [0, 0.1) is 6.92 Å². The van der Waals surface area contributed by atoms with Gasteiger partial charge >= 0.3 is 5.97 Å². The zero-order chi connectivity index (χ0) is 16.7. The number of hydrogen-bond acceptors (Lipinski definition) is 2. The maximum Gasteiger partial charge on any atom is 0.339 e. The Balaban J connectivity index is 1.92. The van der Waals surface area contributed by atoms with Gasteiger partial charge in [-0.25, -0.2) is 4.79 Å². The van der Waals surface area contributed by atoms with E-state index < -0.39 is 0 Å². The topological polar surface area (TPSA) is 31.2 Å². The largest absolute Gasteiger partial charge is 0.449 e. The summed E-state index contributed by atoms with van der Waals surface area (Å²) in [6.07, 6.45) is 1.99. The molecule has 0 N–H and O–H groups in total. The quantitative estimate of drug-likeness (QED) is 0.633. The molecule has 2 heterocycles. The normalized spacial score (nSPS) is 16.4. The van der Waals surface area contributed by atoms with Crippen LogP contribution in [0.3, 0.4) is 0 Å². The minimum absolute atomic E-state index is 0.222. The van der Waals surface area contributed by atoms with Crippen LogP contribution in [0.1, 0.15) is 53.0 Å². The first kappa shape index (κ1) is 15.0. The maximum atomic E-state index is 12.2. The van der Waals surface area contributed by atoms with Gasteiger partial charge in [0, 0.05) is 34.3 Å². The lowest BCUT2D eigenvalue weighted by atomic mass is 9.97. The molecule has 0 aliphatic carbocycles. The SMILES string of the molecule is CCCCn1c(C)c(C2OC(=O)c3ccccc32)c2ccccc21. The second-order valence-corrected chi connectivity index (χ2v) is 6.39. The van der Waals surface area contributed by atoms with Crippen molar-refractivity contribution in [3.8, 4) is 0 Å². The van der Waals surface area contributed by atoms with Crippen LogP contribution in [0.5, 0.6) is 0 Å². The molecule has 0 spiro atoms. The van der Waals surface area contributed by atoms with Gasteiger partial charge < -0.3 is 9.30 Å². The molecule has 1 aliphatic rings. The monoisotopic (exact) mass is 319 g/mol. The van der Waals surface area contributed by atoms with Crippen LogP contribution in [0.15, 0.2) is 48.5 Å². The zero-order valence-corrected chi connectivity index (χ0v) is 14.1. The van der Waals surface area contributed by atoms with Crippen LogP contribution in [0.2, 0.25) is 0 Å². The number of aryl methyl sites for hydroxylation is 1. The predicted molar refractivity (Wildman–Crippen MR) is 95.3 cm³/mol. The third-order valence-corrected chi connectivity index (χ3v) is 4.97. The van der Waals surface area contributed by atoms with Crippen molar-refractivity contribution in [1.29, 1.82) is 0 Å². The summed E-state index contributed by atoms with van der Waals surface area (Å²) >= 11 is 0. The molecule has 3 heteroatoms. The molecule has 1 unspecified atom stereocenters. The fourth-order valence-corrected chi connectivity index (χ4v) is 3.75. The van der Waals surface area contributed by atoms with Crippen LogP contribution in [0.25, 0.3) is 10.9 Å². The minimum Gasteiger partial charge on any atom is -0.449 e. The molecule has 3 aromatic rings. The Morgan fingerprint density at radius 2 is 1.83 bits per heavy atom. The highest BCUT2D eigenvalue weighted by molar-refractivity contribution is 5.96. The lowest BCUT2D eigenvalue weighted by Crippen LogP contribution is -2.05. The van der Waals surface area contributed by atoms with Crippen molar-refractivity contribution in [2.24, 2.45) is 0 Å². The number of para-hydroxylation sites is 1. The number of esters is 1. The first-order valence-corrected chi connectivity index (χ1v) is 8.60. The molecule has 1 aliphatic heterocycles. The first-order valence-electron chi connectivity index (χ1n) is 8.60. The summed E-state index contributed by atoms with van der Waals surface area (Å²) < 4.78 is 8.14. The van der Waals surface area contributed by atoms with Crippen LogP contribution in [0.4, 0.5) is 0 Å². The van der Waals surface area contributed by atoms with Gasteiger partial charge in [-0.2, -0.15) is 0 Å². The van der Waals surface area contributed by atoms with Crippen molar-refractivity contribution in [2.75, 3.05) is 0 Å². The number of carbonyl (C=O) groups excluding carboxylic acids is 1. The highest BCUT2D eigenvalue weighted by Gasteiger charge is 2.35. The Morgan fingerprint density at radius 1 is 1.08 bits per heavy atom. The third kappa shape index (κ3) is 2.15. The van der Waals surface area contributed by atoms with Crippen molar-refractivity contribution >= 4 is 16.9 Å². The Hall–Kier alpha value is -2.55. The van der Waals surface area contributed by atoms with E-state index in [4.69, 9.17) is 4.74 Å². The van der Waals surface area contributed by atoms with Gasteiger partial charge in [-0.05, 0) is 25.5 Å². The van der Waals surface area contributed by atoms with Gasteiger partial charge in [0.2, 0.25) is 0 Å². The Morgan fingerprint density at radius 3 is 2.67 bits per heavy atom. The molecule has 0 fully saturated rings. The van der Waals surface area contributed by atoms with Crippen molar-refractivity contribution < 1.29 is 9.53 Å². The summed E-state index contributed by atoms with van der Waals surface area (Å²) in [7, 11) is 0. The van der Waals surface area contributed by atoms with Crippen LogP contribution < -0.4 is 0 Å². The van der Waals surface area contributed by atoms with E-state index in [9.17, 15) is 4.79 Å². The van der Waals surface area contributed by atoms with Gasteiger partial charge in [-0.1, -0.05) is 49.7 Å². The molecule has 24 heavy (non-hydrogen) atoms. The van der Waals surface area contributed by atoms with Crippen LogP contribution >= 0.6 is 0 Å². The second kappa shape index (κ2) is 5.82. The van der Waals surface area contributed by atoms with E-state index in [-0.39, 0.29) is 12.1 Å². The summed E-state index contributed by atoms with van der Waals surface area (Å²) in [5.41, 5.74) is 5.20. The number of ether oxygens (including phenoxy) is 1. The average Bonchev–Trinajstić information content (AvgIpc) is 3.08. The van der Waals surface area contributed by atoms with Crippen molar-refractivity contribution in [1.82, 2.24) is 4.57 Å². The molecule has 0 radical (unpaired) electrons. The number of aromatic nitrogens is 1. The Bertz CT molecular complexity index is 923. The summed E-state index contributed by atoms with van der Waals surface area (Å²) in [6.45, 7) is 5.34. The molecule has 0 saturated carbocycles. The second-order valence-electron chi connectivity index (χ2n) is 6.39. The maximum absolute atomic E-state index is 12.2. The molecule has 2 aromatic carbocycles. The number of nitrogens with zero attached hydrogens (tertiary/aromatic N) is 1. The summed E-state index contributed by atoms with van der Waals surface area (Å²) in [5, 5.41) is 1.18. The molecule has 0 saturated heterocycles. The number of fused-ring (bicyclic) bond motifs is 2. The van der Waals surface area contributed by atoms with Crippen molar-refractivity contribution in [3.63, 3.8) is 0 Å². The molecule has 122 valence electrons. The van der Waals surface area contributed by atoms with E-state index in [1.807, 2.05) is 24.3 Å². The van der Waals surface area contributed by atoms with Gasteiger partial charge in [-0.3, -0.25) is 0 Å². The first-order chi connectivity index (χ1) is 11.7. The van der Waals surface area contributed by atoms with Crippen LogP contribution in [-0.4, -0.2) is 10.5 Å². The predicted octanol–water partition coefficient (Wildman–Crippen LogP) is 5.01. The smallest absolute Gasteiger partial charge is 0.339 e. The number of benzene rings is 2. The van der Waals surface area contributed by atoms with Crippen molar-refractivity contribution in [2.45, 2.75) is 39.3 Å². The highest BCUT2D eigenvalue weighted by Crippen LogP contribution is 2.41. The van der Waals surface area contributed by atoms with E-state index in [2.05, 4.69) is 42.7 Å². The van der Waals surface area contributed by atoms with Gasteiger partial charge in [-0.15, -0.1) is 0 Å². The van der Waals surface area contributed by atoms with Crippen molar-refractivity contribution in [3.05, 3.63) is 70.9 Å². The fourth-order valence-electron chi connectivity index (χ4n) is 3.75. The van der Waals surface area contributed by atoms with E-state index in [1.165, 1.54) is 16.6 Å². The number of cyclic esters (lactones) is 1. The molecule has 1 atom stereocenters. The number of hydrogen-bond donors (Lipinski definition) is 0. The average molecular weight is 319 g/mol. The summed E-state index contributed by atoms with van der Waals surface area (Å²) in [5.74, 6) is -0.222. The standard InChI is InChI=1S/C21H21NO2/c1-3-4-13-22-14(2)19(17-11-7-8-12-18(17)22)20-15-9-5-6-10-16(15)21(23)24-20/h5-12,20H,3-4,13H2,1-2H3. The molecule has 4 rings (SSSR count). The van der Waals surface area contributed by atoms with E-state index in [0.717, 1.165) is 30.5 Å². The molecule has 3 nitrogen and oxygen atoms in total. The van der Waals surface area contributed by atoms with Crippen LogP contribution in [-0.2, 0) is 11.3 Å². The van der Waals surface area contributed by atoms with Gasteiger partial charge in [0.25, 0.3) is 0 Å². The lowest BCUT2D eigenvalue weighted by molar-refractivity contribution is 0.0457. The van der Waals surface area contributed by atoms with E-state index >= 15 is 0 Å². The van der Waals surface area contributed by atoms with Gasteiger partial charge in [0.05, 0.1) is 5.56 Å². The highest BCUT2D eigenvalue weighted by atomic mass is 16.5. The fraction of sp³-hybridized carbons (Fsp3) is 0.286. The summed E-state index contributed by atoms with van der Waals surface area (Å²) in [6, 6.07) is 16.1.